The van der Waals surface area contributed by atoms with Crippen LogP contribution in [0.3, 0.4) is 0 Å². The number of aryl methyl sites for hydroxylation is 2. The average molecular weight is 317 g/mol. The highest BCUT2D eigenvalue weighted by molar-refractivity contribution is 5.95. The van der Waals surface area contributed by atoms with Crippen LogP contribution in [0, 0.1) is 19.8 Å². The van der Waals surface area contributed by atoms with Crippen LogP contribution < -0.4 is 0 Å². The summed E-state index contributed by atoms with van der Waals surface area (Å²) in [6.45, 7) is 4.99. The first-order chi connectivity index (χ1) is 11.1. The second kappa shape index (κ2) is 5.49. The molecule has 2 saturated heterocycles. The van der Waals surface area contributed by atoms with E-state index in [-0.39, 0.29) is 18.1 Å². The number of piperidine rings is 1. The zero-order chi connectivity index (χ0) is 16.0. The summed E-state index contributed by atoms with van der Waals surface area (Å²) in [5.74, 6) is 2.16. The second-order valence-electron chi connectivity index (χ2n) is 6.27. The molecule has 3 atom stereocenters. The van der Waals surface area contributed by atoms with Gasteiger partial charge < -0.3 is 18.6 Å². The summed E-state index contributed by atoms with van der Waals surface area (Å²) in [6, 6.07) is 1.74. The van der Waals surface area contributed by atoms with Crippen molar-refractivity contribution in [2.24, 2.45) is 5.92 Å². The van der Waals surface area contributed by atoms with Crippen LogP contribution in [0.2, 0.25) is 0 Å². The molecule has 0 N–H and O–H groups in total. The van der Waals surface area contributed by atoms with E-state index in [2.05, 4.69) is 10.1 Å². The van der Waals surface area contributed by atoms with Crippen molar-refractivity contribution in [2.75, 3.05) is 13.1 Å². The van der Waals surface area contributed by atoms with E-state index in [0.29, 0.717) is 42.0 Å². The Balaban J connectivity index is 1.45. The zero-order valence-electron chi connectivity index (χ0n) is 13.2. The van der Waals surface area contributed by atoms with Crippen molar-refractivity contribution in [1.82, 2.24) is 15.0 Å². The molecular weight excluding hydrogens is 298 g/mol. The van der Waals surface area contributed by atoms with Gasteiger partial charge in [-0.3, -0.25) is 4.79 Å². The molecule has 4 rings (SSSR count). The van der Waals surface area contributed by atoms with Crippen molar-refractivity contribution in [3.05, 3.63) is 35.4 Å². The number of likely N-dealkylation sites (tertiary alicyclic amines) is 1. The first-order valence-corrected chi connectivity index (χ1v) is 7.91. The normalized spacial score (nSPS) is 27.2. The van der Waals surface area contributed by atoms with E-state index in [1.807, 2.05) is 11.8 Å². The van der Waals surface area contributed by atoms with Gasteiger partial charge in [-0.25, -0.2) is 0 Å². The molecule has 0 spiro atoms. The molecule has 0 aliphatic carbocycles. The summed E-state index contributed by atoms with van der Waals surface area (Å²) in [6.07, 6.45) is 3.19. The van der Waals surface area contributed by atoms with E-state index < -0.39 is 0 Å². The molecule has 2 aromatic rings. The van der Waals surface area contributed by atoms with Crippen LogP contribution in [0.25, 0.3) is 0 Å². The maximum atomic E-state index is 12.6. The molecule has 0 bridgehead atoms. The summed E-state index contributed by atoms with van der Waals surface area (Å²) in [5.41, 5.74) is 0.645. The van der Waals surface area contributed by atoms with Gasteiger partial charge in [0.15, 0.2) is 5.82 Å². The number of fused-ring (bicyclic) bond motifs is 1. The number of ether oxygens (including phenoxy) is 1. The molecule has 7 heteroatoms. The van der Waals surface area contributed by atoms with Gasteiger partial charge in [0.25, 0.3) is 11.8 Å². The van der Waals surface area contributed by atoms with Gasteiger partial charge in [0.1, 0.15) is 11.9 Å². The minimum atomic E-state index is -0.156. The standard InChI is InChI=1S/C16H19N3O4/c1-9-12(4-6-21-9)16(20)19-5-3-13-11(8-19)7-14(22-13)15-17-10(2)18-23-15/h4,6,11,13-14H,3,5,7-8H2,1-2H3/t11-,13-,14+/m1/s1. The number of rotatable bonds is 2. The van der Waals surface area contributed by atoms with Crippen molar-refractivity contribution < 1.29 is 18.5 Å². The van der Waals surface area contributed by atoms with Gasteiger partial charge >= 0.3 is 0 Å². The summed E-state index contributed by atoms with van der Waals surface area (Å²) in [5, 5.41) is 3.82. The lowest BCUT2D eigenvalue weighted by molar-refractivity contribution is -0.00779. The number of amides is 1. The Kier molecular flexibility index (Phi) is 3.45. The minimum absolute atomic E-state index is 0.0341. The molecule has 7 nitrogen and oxygen atoms in total. The van der Waals surface area contributed by atoms with Crippen molar-refractivity contribution in [2.45, 2.75) is 38.9 Å². The van der Waals surface area contributed by atoms with E-state index in [0.717, 1.165) is 12.8 Å². The number of hydrogen-bond acceptors (Lipinski definition) is 6. The van der Waals surface area contributed by atoms with Crippen molar-refractivity contribution in [3.63, 3.8) is 0 Å². The molecule has 23 heavy (non-hydrogen) atoms. The van der Waals surface area contributed by atoms with E-state index >= 15 is 0 Å². The lowest BCUT2D eigenvalue weighted by Crippen LogP contribution is -2.44. The molecular formula is C16H19N3O4. The van der Waals surface area contributed by atoms with Crippen LogP contribution in [0.5, 0.6) is 0 Å². The number of hydrogen-bond donors (Lipinski definition) is 0. The van der Waals surface area contributed by atoms with Crippen molar-refractivity contribution in [1.29, 1.82) is 0 Å². The van der Waals surface area contributed by atoms with Crippen LogP contribution in [0.15, 0.2) is 21.3 Å². The van der Waals surface area contributed by atoms with Crippen molar-refractivity contribution in [3.8, 4) is 0 Å². The zero-order valence-corrected chi connectivity index (χ0v) is 13.2. The van der Waals surface area contributed by atoms with Crippen LogP contribution in [-0.2, 0) is 4.74 Å². The summed E-state index contributed by atoms with van der Waals surface area (Å²) in [4.78, 5) is 18.8. The predicted molar refractivity (Wildman–Crippen MR) is 78.7 cm³/mol. The van der Waals surface area contributed by atoms with Gasteiger partial charge in [0, 0.05) is 19.0 Å². The fraction of sp³-hybridized carbons (Fsp3) is 0.562. The van der Waals surface area contributed by atoms with Crippen LogP contribution in [0.1, 0.15) is 46.8 Å². The lowest BCUT2D eigenvalue weighted by atomic mass is 9.92. The molecule has 4 heterocycles. The van der Waals surface area contributed by atoms with Crippen molar-refractivity contribution >= 4 is 5.91 Å². The highest BCUT2D eigenvalue weighted by atomic mass is 16.5. The molecule has 0 unspecified atom stereocenters. The number of aromatic nitrogens is 2. The molecule has 2 aliphatic rings. The van der Waals surface area contributed by atoms with Crippen LogP contribution in [-0.4, -0.2) is 40.1 Å². The third kappa shape index (κ3) is 2.55. The Bertz CT molecular complexity index is 722. The first-order valence-electron chi connectivity index (χ1n) is 7.91. The Hall–Kier alpha value is -2.15. The Morgan fingerprint density at radius 2 is 2.26 bits per heavy atom. The smallest absolute Gasteiger partial charge is 0.257 e. The van der Waals surface area contributed by atoms with E-state index in [1.54, 1.807) is 19.3 Å². The Morgan fingerprint density at radius 3 is 2.96 bits per heavy atom. The van der Waals surface area contributed by atoms with Crippen LogP contribution >= 0.6 is 0 Å². The molecule has 0 radical (unpaired) electrons. The van der Waals surface area contributed by atoms with Gasteiger partial charge in [0.2, 0.25) is 0 Å². The van der Waals surface area contributed by atoms with Gasteiger partial charge in [-0.05, 0) is 32.8 Å². The maximum absolute atomic E-state index is 12.6. The number of nitrogens with zero attached hydrogens (tertiary/aromatic N) is 3. The maximum Gasteiger partial charge on any atom is 0.257 e. The summed E-state index contributed by atoms with van der Waals surface area (Å²) in [7, 11) is 0. The minimum Gasteiger partial charge on any atom is -0.469 e. The van der Waals surface area contributed by atoms with E-state index in [4.69, 9.17) is 13.7 Å². The second-order valence-corrected chi connectivity index (χ2v) is 6.27. The van der Waals surface area contributed by atoms with Gasteiger partial charge in [-0.2, -0.15) is 4.98 Å². The fourth-order valence-electron chi connectivity index (χ4n) is 3.52. The molecule has 2 aliphatic heterocycles. The first kappa shape index (κ1) is 14.4. The van der Waals surface area contributed by atoms with Gasteiger partial charge in [0.05, 0.1) is 17.9 Å². The Labute approximate surface area is 133 Å². The number of carbonyl (C=O) groups is 1. The average Bonchev–Trinajstić information content (AvgIpc) is 3.24. The molecule has 2 fully saturated rings. The predicted octanol–water partition coefficient (Wildman–Crippen LogP) is 2.27. The largest absolute Gasteiger partial charge is 0.469 e. The molecule has 0 saturated carbocycles. The topological polar surface area (TPSA) is 81.6 Å². The number of furan rings is 1. The molecule has 2 aromatic heterocycles. The lowest BCUT2D eigenvalue weighted by Gasteiger charge is -2.33. The summed E-state index contributed by atoms with van der Waals surface area (Å²) < 4.78 is 16.5. The fourth-order valence-corrected chi connectivity index (χ4v) is 3.52. The highest BCUT2D eigenvalue weighted by Gasteiger charge is 2.42. The molecule has 1 amide bonds. The van der Waals surface area contributed by atoms with Crippen LogP contribution in [0.4, 0.5) is 0 Å². The molecule has 122 valence electrons. The molecule has 0 aromatic carbocycles. The quantitative estimate of drug-likeness (QED) is 0.845. The van der Waals surface area contributed by atoms with Gasteiger partial charge in [-0.15, -0.1) is 0 Å². The van der Waals surface area contributed by atoms with Gasteiger partial charge in [-0.1, -0.05) is 5.16 Å². The Morgan fingerprint density at radius 1 is 1.39 bits per heavy atom. The monoisotopic (exact) mass is 317 g/mol. The van der Waals surface area contributed by atoms with E-state index in [1.165, 1.54) is 0 Å². The number of carbonyl (C=O) groups excluding carboxylic acids is 1. The highest BCUT2D eigenvalue weighted by Crippen LogP contribution is 2.40. The van der Waals surface area contributed by atoms with E-state index in [9.17, 15) is 4.79 Å². The SMILES string of the molecule is Cc1noc([C@@H]2C[C@@H]3CN(C(=O)c4ccoc4C)CC[C@H]3O2)n1. The third-order valence-electron chi connectivity index (χ3n) is 4.72. The third-order valence-corrected chi connectivity index (χ3v) is 4.72. The summed E-state index contributed by atoms with van der Waals surface area (Å²) >= 11 is 0.